The molecule has 0 aromatic heterocycles. The Hall–Kier alpha value is -7.55. The molecule has 0 saturated carbocycles. The van der Waals surface area contributed by atoms with Crippen molar-refractivity contribution in [2.75, 3.05) is 66.1 Å². The first-order chi connectivity index (χ1) is 36.8. The molecule has 0 unspecified atom stereocenters. The van der Waals surface area contributed by atoms with E-state index in [1.165, 1.54) is 62.3 Å². The molecule has 0 aromatic carbocycles. The van der Waals surface area contributed by atoms with Crippen LogP contribution in [0.4, 0.5) is 0 Å². The van der Waals surface area contributed by atoms with E-state index in [1.807, 2.05) is 0 Å². The van der Waals surface area contributed by atoms with Crippen molar-refractivity contribution in [2.24, 2.45) is 10.8 Å². The number of carboxylic acid groups (broad SMARTS) is 6. The molecule has 0 spiro atoms. The third-order valence-electron chi connectivity index (χ3n) is 8.08. The van der Waals surface area contributed by atoms with Crippen LogP contribution in [-0.4, -0.2) is 231 Å². The standard InChI is InChI=1S/C18H26O9.2C5H12O4.6C4H6O2/c1-9(2)16(22)25-8-13(26-17(23)10(3)4)15(14(21)12(20)7-19)27-18(24)11(5)6;2*6-1-5(2-7,3-8)4-9;6*1-3(2)4(5)6/h12-15,19-21H,1,3,5,7-8H2,2,4,6H3;2*6-9H,1-4H2;6*1H2,2H3,(H,5,6)/t12-,13+,14-,15-;;;;;;;;/m1......../s1. The van der Waals surface area contributed by atoms with Crippen LogP contribution in [0.2, 0.25) is 0 Å². The van der Waals surface area contributed by atoms with E-state index < -0.39 is 155 Å². The Bertz CT molecular complexity index is 1760. The van der Waals surface area contributed by atoms with Crippen LogP contribution in [0.1, 0.15) is 62.3 Å². The molecule has 0 radical (unpaired) electrons. The third-order valence-corrected chi connectivity index (χ3v) is 8.08. The number of carbonyl (C=O) groups is 9. The van der Waals surface area contributed by atoms with E-state index in [2.05, 4.69) is 59.2 Å². The molecule has 468 valence electrons. The minimum Gasteiger partial charge on any atom is -0.478 e. The van der Waals surface area contributed by atoms with Crippen molar-refractivity contribution in [2.45, 2.75) is 86.7 Å². The van der Waals surface area contributed by atoms with Gasteiger partial charge < -0.3 is 101 Å². The van der Waals surface area contributed by atoms with Crippen LogP contribution >= 0.6 is 0 Å². The molecule has 29 heteroatoms. The highest BCUT2D eigenvalue weighted by Gasteiger charge is 2.39. The summed E-state index contributed by atoms with van der Waals surface area (Å²) in [7, 11) is 0. The summed E-state index contributed by atoms with van der Waals surface area (Å²) in [6.45, 7) is 37.2. The highest BCUT2D eigenvalue weighted by Crippen LogP contribution is 2.18. The zero-order valence-electron chi connectivity index (χ0n) is 47.2. The zero-order valence-corrected chi connectivity index (χ0v) is 47.2. The minimum atomic E-state index is -1.86. The van der Waals surface area contributed by atoms with Gasteiger partial charge in [-0.25, -0.2) is 43.2 Å². The van der Waals surface area contributed by atoms with Crippen LogP contribution in [0.3, 0.4) is 0 Å². The van der Waals surface area contributed by atoms with Crippen molar-refractivity contribution in [1.82, 2.24) is 0 Å². The summed E-state index contributed by atoms with van der Waals surface area (Å²) >= 11 is 0. The predicted octanol–water partition coefficient (Wildman–Crippen LogP) is -0.438. The number of rotatable bonds is 25. The van der Waals surface area contributed by atoms with E-state index in [0.717, 1.165) is 0 Å². The molecule has 29 nitrogen and oxygen atoms in total. The molecule has 0 fully saturated rings. The molecule has 0 rings (SSSR count). The Balaban J connectivity index is -0.000000114. The minimum absolute atomic E-state index is 0.00611. The predicted molar refractivity (Wildman–Crippen MR) is 291 cm³/mol. The second-order valence-electron chi connectivity index (χ2n) is 16.8. The topological polar surface area (TPSA) is 525 Å². The van der Waals surface area contributed by atoms with Crippen molar-refractivity contribution < 1.29 is 144 Å². The monoisotopic (exact) mass is 1170 g/mol. The van der Waals surface area contributed by atoms with E-state index >= 15 is 0 Å². The van der Waals surface area contributed by atoms with Crippen LogP contribution in [0, 0.1) is 10.8 Å². The van der Waals surface area contributed by atoms with Crippen molar-refractivity contribution in [3.05, 3.63) is 109 Å². The lowest BCUT2D eigenvalue weighted by Crippen LogP contribution is -2.51. The fourth-order valence-electron chi connectivity index (χ4n) is 2.23. The highest BCUT2D eigenvalue weighted by atomic mass is 16.6. The van der Waals surface area contributed by atoms with Crippen molar-refractivity contribution >= 4 is 53.7 Å². The first-order valence-corrected chi connectivity index (χ1v) is 22.5. The summed E-state index contributed by atoms with van der Waals surface area (Å²) < 4.78 is 15.1. The summed E-state index contributed by atoms with van der Waals surface area (Å²) in [5, 5.41) is 144. The lowest BCUT2D eigenvalue weighted by atomic mass is 9.93. The third kappa shape index (κ3) is 57.0. The van der Waals surface area contributed by atoms with E-state index in [9.17, 15) is 53.4 Å². The van der Waals surface area contributed by atoms with E-state index in [4.69, 9.17) is 90.8 Å². The fourth-order valence-corrected chi connectivity index (χ4v) is 2.23. The lowest BCUT2D eigenvalue weighted by molar-refractivity contribution is -0.188. The highest BCUT2D eigenvalue weighted by molar-refractivity contribution is 5.89. The zero-order chi connectivity index (χ0) is 66.9. The molecule has 0 heterocycles. The average molecular weight is 1180 g/mol. The van der Waals surface area contributed by atoms with Crippen LogP contribution < -0.4 is 0 Å². The number of carboxylic acids is 6. The van der Waals surface area contributed by atoms with Crippen molar-refractivity contribution in [1.29, 1.82) is 0 Å². The Morgan fingerprint density at radius 1 is 0.346 bits per heavy atom. The number of hydrogen-bond donors (Lipinski definition) is 17. The fraction of sp³-hybridized carbons (Fsp3) is 0.481. The Labute approximate surface area is 469 Å². The maximum absolute atomic E-state index is 11.9. The van der Waals surface area contributed by atoms with Gasteiger partial charge in [-0.05, 0) is 62.3 Å². The first kappa shape index (κ1) is 92.8. The normalized spacial score (nSPS) is 11.0. The van der Waals surface area contributed by atoms with Gasteiger partial charge in [0, 0.05) is 50.2 Å². The number of aliphatic carboxylic acids is 6. The summed E-state index contributed by atoms with van der Waals surface area (Å²) in [4.78, 5) is 93.0. The molecular weight excluding hydrogens is 1090 g/mol. The molecular formula is C52H86O29. The van der Waals surface area contributed by atoms with Crippen LogP contribution in [0.15, 0.2) is 109 Å². The van der Waals surface area contributed by atoms with Gasteiger partial charge in [-0.3, -0.25) is 0 Å². The summed E-state index contributed by atoms with van der Waals surface area (Å²) in [5.41, 5.74) is -1.14. The van der Waals surface area contributed by atoms with Gasteiger partial charge in [-0.1, -0.05) is 59.2 Å². The Morgan fingerprint density at radius 3 is 0.667 bits per heavy atom. The van der Waals surface area contributed by atoms with Crippen LogP contribution in [0.5, 0.6) is 0 Å². The first-order valence-electron chi connectivity index (χ1n) is 22.5. The maximum atomic E-state index is 11.9. The number of aliphatic hydroxyl groups is 11. The number of aliphatic hydroxyl groups excluding tert-OH is 11. The molecule has 0 amide bonds. The number of ether oxygens (including phenoxy) is 3. The molecule has 4 atom stereocenters. The molecule has 17 N–H and O–H groups in total. The molecule has 0 aromatic rings. The molecule has 81 heavy (non-hydrogen) atoms. The Kier molecular flexibility index (Phi) is 60.9. The molecule has 0 bridgehead atoms. The van der Waals surface area contributed by atoms with Gasteiger partial charge in [-0.15, -0.1) is 0 Å². The van der Waals surface area contributed by atoms with Crippen molar-refractivity contribution in [3.63, 3.8) is 0 Å². The summed E-state index contributed by atoms with van der Waals surface area (Å²) in [6.07, 6.45) is -6.75. The number of hydrogen-bond acceptors (Lipinski definition) is 23. The van der Waals surface area contributed by atoms with Gasteiger partial charge in [0.1, 0.15) is 18.8 Å². The lowest BCUT2D eigenvalue weighted by Gasteiger charge is -2.31. The van der Waals surface area contributed by atoms with Gasteiger partial charge in [0.05, 0.1) is 70.3 Å². The second kappa shape index (κ2) is 53.1. The van der Waals surface area contributed by atoms with Gasteiger partial charge in [0.2, 0.25) is 0 Å². The summed E-state index contributed by atoms with van der Waals surface area (Å²) in [5.74, 6) is -8.28. The molecule has 0 aliphatic rings. The molecule has 0 aliphatic heterocycles. The Morgan fingerprint density at radius 2 is 0.531 bits per heavy atom. The second-order valence-corrected chi connectivity index (χ2v) is 16.8. The molecule has 0 saturated heterocycles. The van der Waals surface area contributed by atoms with E-state index in [-0.39, 0.29) is 50.2 Å². The molecule has 0 aliphatic carbocycles. The largest absolute Gasteiger partial charge is 0.478 e. The van der Waals surface area contributed by atoms with E-state index in [0.29, 0.717) is 0 Å². The average Bonchev–Trinajstić information content (AvgIpc) is 3.39. The number of esters is 3. The quantitative estimate of drug-likeness (QED) is 0.0313. The number of carbonyl (C=O) groups excluding carboxylic acids is 3. The smallest absolute Gasteiger partial charge is 0.333 e. The maximum Gasteiger partial charge on any atom is 0.333 e. The SMILES string of the molecule is C=C(C)C(=O)O.C=C(C)C(=O)O.C=C(C)C(=O)O.C=C(C)C(=O)O.C=C(C)C(=O)O.C=C(C)C(=O)O.C=C(C)C(=O)OC[C@H](OC(=O)C(=C)C)[C@@H](OC(=O)C(=C)C)[C@H](O)[C@H](O)CO.OCC(CO)(CO)CO.OCC(CO)(CO)CO. The summed E-state index contributed by atoms with van der Waals surface area (Å²) in [6, 6.07) is 0. The van der Waals surface area contributed by atoms with E-state index in [1.54, 1.807) is 0 Å². The van der Waals surface area contributed by atoms with Gasteiger partial charge >= 0.3 is 53.7 Å². The van der Waals surface area contributed by atoms with Gasteiger partial charge in [-0.2, -0.15) is 0 Å². The van der Waals surface area contributed by atoms with Crippen molar-refractivity contribution in [3.8, 4) is 0 Å². The van der Waals surface area contributed by atoms with Crippen LogP contribution in [0.25, 0.3) is 0 Å². The van der Waals surface area contributed by atoms with Crippen LogP contribution in [-0.2, 0) is 57.4 Å². The van der Waals surface area contributed by atoms with Gasteiger partial charge in [0.15, 0.2) is 12.2 Å². The van der Waals surface area contributed by atoms with Gasteiger partial charge in [0.25, 0.3) is 0 Å².